The van der Waals surface area contributed by atoms with Crippen LogP contribution >= 0.6 is 15.9 Å². The fourth-order valence-electron chi connectivity index (χ4n) is 8.18. The molecule has 1 spiro atoms. The number of esters is 1. The maximum absolute atomic E-state index is 15.2. The first kappa shape index (κ1) is 36.0. The van der Waals surface area contributed by atoms with Gasteiger partial charge in [-0.3, -0.25) is 19.2 Å². The summed E-state index contributed by atoms with van der Waals surface area (Å²) in [4.78, 5) is 62.7. The number of cyclic esters (lactones) is 1. The highest BCUT2D eigenvalue weighted by molar-refractivity contribution is 9.11. The summed E-state index contributed by atoms with van der Waals surface area (Å²) in [6.45, 7) is 5.29. The minimum atomic E-state index is -1.54. The Balaban J connectivity index is 1.36. The van der Waals surface area contributed by atoms with Crippen molar-refractivity contribution in [2.45, 2.75) is 76.2 Å². The van der Waals surface area contributed by atoms with E-state index in [2.05, 4.69) is 26.2 Å². The molecule has 0 saturated carbocycles. The van der Waals surface area contributed by atoms with E-state index >= 15 is 4.79 Å². The van der Waals surface area contributed by atoms with Gasteiger partial charge < -0.3 is 29.3 Å². The van der Waals surface area contributed by atoms with Gasteiger partial charge in [0.15, 0.2) is 0 Å². The van der Waals surface area contributed by atoms with E-state index in [1.54, 1.807) is 27.6 Å². The number of nitrogens with zero attached hydrogens (tertiary/aromatic N) is 6. The molecular formula is C38H43BrN6O7. The third-order valence-electron chi connectivity index (χ3n) is 11.1. The lowest BCUT2D eigenvalue weighted by molar-refractivity contribution is -0.164. The van der Waals surface area contributed by atoms with Gasteiger partial charge in [0.2, 0.25) is 11.8 Å². The normalized spacial score (nSPS) is 31.0. The molecular weight excluding hydrogens is 732 g/mol. The Morgan fingerprint density at radius 3 is 2.46 bits per heavy atom. The molecule has 1 aromatic heterocycles. The highest BCUT2D eigenvalue weighted by Crippen LogP contribution is 2.59. The minimum Gasteiger partial charge on any atom is -0.455 e. The number of aromatic nitrogens is 3. The number of carbonyl (C=O) groups is 4. The van der Waals surface area contributed by atoms with Gasteiger partial charge in [-0.1, -0.05) is 89.6 Å². The molecule has 1 N–H and O–H groups in total. The van der Waals surface area contributed by atoms with E-state index in [1.165, 1.54) is 4.90 Å². The van der Waals surface area contributed by atoms with Crippen LogP contribution in [0.1, 0.15) is 45.3 Å². The van der Waals surface area contributed by atoms with Crippen molar-refractivity contribution in [3.05, 3.63) is 82.9 Å². The van der Waals surface area contributed by atoms with Gasteiger partial charge in [-0.15, -0.1) is 5.10 Å². The van der Waals surface area contributed by atoms with E-state index in [1.807, 2.05) is 87.5 Å². The maximum Gasteiger partial charge on any atom is 0.313 e. The van der Waals surface area contributed by atoms with E-state index in [4.69, 9.17) is 9.47 Å². The van der Waals surface area contributed by atoms with E-state index in [-0.39, 0.29) is 31.5 Å². The van der Waals surface area contributed by atoms with Crippen LogP contribution in [0, 0.1) is 17.8 Å². The van der Waals surface area contributed by atoms with Gasteiger partial charge in [0.05, 0.1) is 30.1 Å². The van der Waals surface area contributed by atoms with Gasteiger partial charge in [0.25, 0.3) is 5.91 Å². The van der Waals surface area contributed by atoms with Crippen LogP contribution in [0.3, 0.4) is 0 Å². The third-order valence-corrected chi connectivity index (χ3v) is 11.7. The molecule has 0 aliphatic carbocycles. The second kappa shape index (κ2) is 14.2. The first-order valence-corrected chi connectivity index (χ1v) is 18.5. The van der Waals surface area contributed by atoms with Crippen LogP contribution in [0.5, 0.6) is 0 Å². The number of hydrogen-bond donors (Lipinski definition) is 1. The van der Waals surface area contributed by atoms with Crippen molar-refractivity contribution in [1.82, 2.24) is 29.7 Å². The Kier molecular flexibility index (Phi) is 9.83. The molecule has 4 aliphatic heterocycles. The highest BCUT2D eigenvalue weighted by Gasteiger charge is 2.75. The number of fused-ring (bicyclic) bond motifs is 3. The van der Waals surface area contributed by atoms with Gasteiger partial charge in [-0.2, -0.15) is 0 Å². The highest BCUT2D eigenvalue weighted by atomic mass is 79.9. The van der Waals surface area contributed by atoms with Crippen LogP contribution < -0.4 is 0 Å². The summed E-state index contributed by atoms with van der Waals surface area (Å²) in [7, 11) is 1.69. The summed E-state index contributed by atoms with van der Waals surface area (Å²) < 4.78 is 15.2. The molecule has 2 saturated heterocycles. The largest absolute Gasteiger partial charge is 0.455 e. The molecule has 2 fully saturated rings. The molecule has 52 heavy (non-hydrogen) atoms. The van der Waals surface area contributed by atoms with E-state index in [9.17, 15) is 19.5 Å². The number of likely N-dealkylation sites (N-methyl/N-ethyl adjacent to an activating group) is 1. The number of benzene rings is 2. The van der Waals surface area contributed by atoms with Crippen molar-refractivity contribution < 1.29 is 33.8 Å². The second-order valence-corrected chi connectivity index (χ2v) is 15.3. The van der Waals surface area contributed by atoms with Crippen LogP contribution in [0.4, 0.5) is 0 Å². The predicted octanol–water partition coefficient (Wildman–Crippen LogP) is 3.59. The Labute approximate surface area is 310 Å². The number of aliphatic hydroxyl groups is 1. The van der Waals surface area contributed by atoms with Gasteiger partial charge in [0.1, 0.15) is 42.0 Å². The molecule has 0 unspecified atom stereocenters. The molecule has 5 heterocycles. The Bertz CT molecular complexity index is 1930. The zero-order chi connectivity index (χ0) is 36.9. The van der Waals surface area contributed by atoms with Crippen molar-refractivity contribution in [3.8, 4) is 0 Å². The summed E-state index contributed by atoms with van der Waals surface area (Å²) in [6.07, 6.45) is 4.30. The number of likely N-dealkylation sites (tertiary alicyclic amines) is 1. The maximum atomic E-state index is 15.2. The van der Waals surface area contributed by atoms with Gasteiger partial charge in [-0.05, 0) is 43.0 Å². The second-order valence-electron chi connectivity index (χ2n) is 14.4. The summed E-state index contributed by atoms with van der Waals surface area (Å²) in [5.41, 5.74) is 0.528. The molecule has 0 radical (unpaired) electrons. The van der Waals surface area contributed by atoms with Gasteiger partial charge in [0, 0.05) is 24.5 Å². The summed E-state index contributed by atoms with van der Waals surface area (Å²) >= 11 is 3.62. The smallest absolute Gasteiger partial charge is 0.313 e. The predicted molar refractivity (Wildman–Crippen MR) is 193 cm³/mol. The van der Waals surface area contributed by atoms with Gasteiger partial charge >= 0.3 is 5.97 Å². The van der Waals surface area contributed by atoms with Crippen molar-refractivity contribution in [1.29, 1.82) is 0 Å². The van der Waals surface area contributed by atoms with Crippen molar-refractivity contribution >= 4 is 50.7 Å². The zero-order valence-electron chi connectivity index (χ0n) is 29.5. The van der Waals surface area contributed by atoms with Crippen LogP contribution in [0.25, 0.3) is 11.0 Å². The Morgan fingerprint density at radius 1 is 1.00 bits per heavy atom. The summed E-state index contributed by atoms with van der Waals surface area (Å²) in [5.74, 6) is -4.18. The van der Waals surface area contributed by atoms with Crippen molar-refractivity contribution in [3.63, 3.8) is 0 Å². The van der Waals surface area contributed by atoms with Crippen LogP contribution in [-0.4, -0.2) is 109 Å². The molecule has 3 amide bonds. The average Bonchev–Trinajstić information content (AvgIpc) is 3.86. The number of aliphatic hydroxyl groups excluding tert-OH is 1. The molecule has 3 aromatic rings. The molecule has 274 valence electrons. The van der Waals surface area contributed by atoms with Crippen LogP contribution in [0.2, 0.25) is 0 Å². The lowest BCUT2D eigenvalue weighted by atomic mass is 9.74. The molecule has 7 rings (SSSR count). The lowest BCUT2D eigenvalue weighted by Crippen LogP contribution is -2.59. The fourth-order valence-corrected chi connectivity index (χ4v) is 8.92. The zero-order valence-corrected chi connectivity index (χ0v) is 31.1. The number of rotatable bonds is 6. The topological polar surface area (TPSA) is 147 Å². The first-order chi connectivity index (χ1) is 25.0. The molecule has 13 nitrogen and oxygen atoms in total. The Hall–Kier alpha value is -4.40. The monoisotopic (exact) mass is 774 g/mol. The minimum absolute atomic E-state index is 0.00778. The van der Waals surface area contributed by atoms with Crippen molar-refractivity contribution in [2.75, 3.05) is 20.2 Å². The number of para-hydroxylation sites is 1. The number of allylic oxidation sites excluding steroid dienone is 1. The third kappa shape index (κ3) is 5.94. The first-order valence-electron chi connectivity index (χ1n) is 17.7. The summed E-state index contributed by atoms with van der Waals surface area (Å²) in [5, 5.41) is 19.3. The molecule has 5 bridgehead atoms. The van der Waals surface area contributed by atoms with E-state index in [0.29, 0.717) is 27.5 Å². The van der Waals surface area contributed by atoms with E-state index in [0.717, 1.165) is 0 Å². The van der Waals surface area contributed by atoms with E-state index < -0.39 is 72.2 Å². The average molecular weight is 776 g/mol. The molecule has 2 aromatic carbocycles. The van der Waals surface area contributed by atoms with Gasteiger partial charge in [-0.25, -0.2) is 4.68 Å². The quantitative estimate of drug-likeness (QED) is 0.293. The molecule has 4 aliphatic rings. The number of halogens is 1. The fraction of sp³-hybridized carbons (Fsp3) is 0.474. The van der Waals surface area contributed by atoms with Crippen molar-refractivity contribution in [2.24, 2.45) is 17.8 Å². The number of amides is 3. The SMILES string of the molecule is CC(C)[C@H](CO)N1C(=O)[C@@H]2[C@H]3C(=O)O[C@@H](c4ccccc4)[C@H](C)N(C)C(=O)CC/C=C\CN(Cn4nnc5ccccc54)C(=O)[C@@H]1[C@]21C=C(Br)[C@H]3O1. The van der Waals surface area contributed by atoms with Crippen LogP contribution in [0.15, 0.2) is 77.3 Å². The molecule has 14 heteroatoms. The standard InChI is InChI=1S/C38H43BrN6O7/c1-22(2)28(20-46)45-34-36(49)43(21-44-27-16-11-10-15-26(27)40-41-44)18-12-6-9-17-29(47)42(4)23(3)32(24-13-7-5-8-14-24)51-37(50)30-31(35(45)48)38(34)19-25(39)33(30)52-38/h5-8,10-16,19,22-23,28,30-34,46H,9,17-18,20-21H2,1-4H3/b12-6-/t23-,28-,30+,31-,32+,33+,34+,38-/m0/s1. The number of ether oxygens (including phenoxy) is 2. The van der Waals surface area contributed by atoms with Crippen LogP contribution in [-0.2, 0) is 35.3 Å². The molecule has 8 atom stereocenters. The lowest BCUT2D eigenvalue weighted by Gasteiger charge is -2.39. The Morgan fingerprint density at radius 2 is 1.73 bits per heavy atom. The number of hydrogen-bond acceptors (Lipinski definition) is 9. The number of carbonyl (C=O) groups excluding carboxylic acids is 4. The summed E-state index contributed by atoms with van der Waals surface area (Å²) in [6, 6.07) is 14.1.